The van der Waals surface area contributed by atoms with Crippen molar-refractivity contribution >= 4 is 58.3 Å². The van der Waals surface area contributed by atoms with Gasteiger partial charge in [0.15, 0.2) is 0 Å². The van der Waals surface area contributed by atoms with Crippen LogP contribution in [-0.4, -0.2) is 69.3 Å². The fourth-order valence-electron chi connectivity index (χ4n) is 1.24. The predicted octanol–water partition coefficient (Wildman–Crippen LogP) is 4.49. The van der Waals surface area contributed by atoms with Crippen molar-refractivity contribution in [2.45, 2.75) is 24.7 Å². The van der Waals surface area contributed by atoms with Crippen molar-refractivity contribution in [1.29, 1.82) is 0 Å². The van der Waals surface area contributed by atoms with Crippen LogP contribution in [0.1, 0.15) is 0 Å². The number of hydrogen-bond acceptors (Lipinski definition) is 4. The second-order valence-electron chi connectivity index (χ2n) is 4.70. The first kappa shape index (κ1) is 33.6. The molecule has 0 bridgehead atoms. The molecule has 0 aromatic heterocycles. The van der Waals surface area contributed by atoms with Crippen LogP contribution in [0.15, 0.2) is 0 Å². The van der Waals surface area contributed by atoms with Crippen LogP contribution >= 0.6 is 24.4 Å². The minimum absolute atomic E-state index is 0. The fraction of sp³-hybridized carbons (Fsp3) is 0.800. The van der Waals surface area contributed by atoms with E-state index in [0.717, 1.165) is 0 Å². The molecule has 19 heteroatoms. The van der Waals surface area contributed by atoms with E-state index >= 15 is 0 Å². The minimum atomic E-state index is -4.76. The van der Waals surface area contributed by atoms with Crippen molar-refractivity contribution in [2.75, 3.05) is 26.2 Å². The summed E-state index contributed by atoms with van der Waals surface area (Å²) in [5, 5.41) is 0. The quantitative estimate of drug-likeness (QED) is 0.209. The maximum atomic E-state index is 11.7. The van der Waals surface area contributed by atoms with Gasteiger partial charge in [0.05, 0.1) is 0 Å². The van der Waals surface area contributed by atoms with E-state index in [9.17, 15) is 52.7 Å². The van der Waals surface area contributed by atoms with Gasteiger partial charge in [-0.2, -0.15) is 52.7 Å². The first-order valence-electron chi connectivity index (χ1n) is 6.21. The molecule has 0 spiro atoms. The number of rotatable bonds is 4. The zero-order chi connectivity index (χ0) is 23.1. The Hall–Kier alpha value is 0.00338. The summed E-state index contributed by atoms with van der Waals surface area (Å²) in [6, 6.07) is 0. The van der Waals surface area contributed by atoms with Gasteiger partial charge in [-0.05, 0) is 0 Å². The van der Waals surface area contributed by atoms with Crippen LogP contribution in [0.4, 0.5) is 52.7 Å². The topological polar surface area (TPSA) is 6.48 Å². The van der Waals surface area contributed by atoms with Crippen LogP contribution in [0.5, 0.6) is 0 Å². The van der Waals surface area contributed by atoms with Gasteiger partial charge in [0.25, 0.3) is 0 Å². The van der Waals surface area contributed by atoms with Gasteiger partial charge in [-0.25, -0.2) is 0 Å². The summed E-state index contributed by atoms with van der Waals surface area (Å²) < 4.78 is 139. The van der Waals surface area contributed by atoms with Gasteiger partial charge in [0.1, 0.15) is 26.2 Å². The summed E-state index contributed by atoms with van der Waals surface area (Å²) in [6.45, 7) is -7.13. The van der Waals surface area contributed by atoms with Crippen LogP contribution in [0.2, 0.25) is 0 Å². The second kappa shape index (κ2) is 12.8. The van der Waals surface area contributed by atoms with Crippen molar-refractivity contribution in [1.82, 2.24) is 9.80 Å². The maximum absolute atomic E-state index is 11.7. The predicted molar refractivity (Wildman–Crippen MR) is 87.3 cm³/mol. The third-order valence-corrected chi connectivity index (χ3v) is 3.03. The Morgan fingerprint density at radius 2 is 0.655 bits per heavy atom. The standard InChI is InChI=1S/2C5H5F6NS2.Zn/c2*6-4(7,8)1-12(3(13)14)2-5(9,10)11;/h2*1-2H2,(H,13,14);/q;;+2/p-2. The van der Waals surface area contributed by atoms with E-state index < -0.39 is 59.5 Å². The van der Waals surface area contributed by atoms with Gasteiger partial charge in [-0.1, -0.05) is 8.64 Å². The molecule has 0 radical (unpaired) electrons. The molecule has 0 heterocycles. The molecule has 168 valence electrons. The minimum Gasteiger partial charge on any atom is -0.411 e. The molecule has 0 aliphatic carbocycles. The van der Waals surface area contributed by atoms with Crippen LogP contribution in [0, 0.1) is 0 Å². The van der Waals surface area contributed by atoms with Crippen molar-refractivity contribution in [3.63, 3.8) is 0 Å². The molecule has 0 aromatic rings. The number of nitrogens with zero attached hydrogens (tertiary/aromatic N) is 2. The van der Waals surface area contributed by atoms with Crippen LogP contribution < -0.4 is 0 Å². The van der Waals surface area contributed by atoms with Crippen molar-refractivity contribution in [3.8, 4) is 0 Å². The summed E-state index contributed by atoms with van der Waals surface area (Å²) in [5.74, 6) is 0. The van der Waals surface area contributed by atoms with E-state index in [0.29, 0.717) is 0 Å². The number of thiocarbonyl (C=S) groups is 2. The van der Waals surface area contributed by atoms with Gasteiger partial charge >= 0.3 is 44.2 Å². The van der Waals surface area contributed by atoms with E-state index in [4.69, 9.17) is 0 Å². The molecule has 29 heavy (non-hydrogen) atoms. The Bertz CT molecular complexity index is 439. The first-order chi connectivity index (χ1) is 12.0. The molecular weight excluding hydrogens is 570 g/mol. The summed E-state index contributed by atoms with van der Waals surface area (Å²) in [7, 11) is 0. The van der Waals surface area contributed by atoms with E-state index in [-0.39, 0.29) is 29.3 Å². The van der Waals surface area contributed by atoms with Gasteiger partial charge in [-0.3, -0.25) is 0 Å². The molecule has 0 N–H and O–H groups in total. The molecular formula is C10H8F12N2S4Zn. The van der Waals surface area contributed by atoms with Crippen molar-refractivity contribution in [2.24, 2.45) is 0 Å². The second-order valence-corrected chi connectivity index (χ2v) is 6.77. The summed E-state index contributed by atoms with van der Waals surface area (Å²) in [6.07, 6.45) is -19.0. The molecule has 0 amide bonds. The molecule has 0 saturated carbocycles. The van der Waals surface area contributed by atoms with Gasteiger partial charge in [0.2, 0.25) is 0 Å². The summed E-state index contributed by atoms with van der Waals surface area (Å²) in [5.41, 5.74) is 0. The molecule has 0 aromatic carbocycles. The van der Waals surface area contributed by atoms with E-state index in [2.05, 4.69) is 49.7 Å². The Morgan fingerprint density at radius 3 is 0.724 bits per heavy atom. The molecule has 0 fully saturated rings. The summed E-state index contributed by atoms with van der Waals surface area (Å²) >= 11 is 16.4. The number of hydrogen-bond donors (Lipinski definition) is 0. The Morgan fingerprint density at radius 1 is 0.517 bits per heavy atom. The van der Waals surface area contributed by atoms with Gasteiger partial charge in [0, 0.05) is 0 Å². The number of halogens is 12. The average Bonchev–Trinajstić information content (AvgIpc) is 2.30. The Labute approximate surface area is 190 Å². The van der Waals surface area contributed by atoms with E-state index in [1.807, 2.05) is 0 Å². The van der Waals surface area contributed by atoms with Crippen LogP contribution in [0.25, 0.3) is 0 Å². The smallest absolute Gasteiger partial charge is 0.411 e. The van der Waals surface area contributed by atoms with Crippen LogP contribution in [0.3, 0.4) is 0 Å². The zero-order valence-electron chi connectivity index (χ0n) is 13.6. The maximum Gasteiger partial charge on any atom is 2.00 e. The molecule has 0 rings (SSSR count). The third kappa shape index (κ3) is 24.1. The molecule has 0 atom stereocenters. The van der Waals surface area contributed by atoms with Crippen molar-refractivity contribution in [3.05, 3.63) is 0 Å². The summed E-state index contributed by atoms with van der Waals surface area (Å²) in [4.78, 5) is -0.241. The molecule has 2 nitrogen and oxygen atoms in total. The van der Waals surface area contributed by atoms with E-state index in [1.165, 1.54) is 0 Å². The normalized spacial score (nSPS) is 12.3. The first-order valence-corrected chi connectivity index (χ1v) is 7.84. The SMILES string of the molecule is FC(F)(F)CN(CC(F)(F)F)C(=S)[S-].FC(F)(F)CN(CC(F)(F)F)C(=S)[S-].[Zn+2]. The monoisotopic (exact) mass is 576 g/mol. The molecule has 0 aliphatic rings. The Balaban J connectivity index is -0.000000451. The zero-order valence-corrected chi connectivity index (χ0v) is 19.8. The molecule has 0 saturated heterocycles. The average molecular weight is 578 g/mol. The fourth-order valence-corrected chi connectivity index (χ4v) is 1.75. The van der Waals surface area contributed by atoms with Crippen molar-refractivity contribution < 1.29 is 72.2 Å². The largest absolute Gasteiger partial charge is 2.00 e. The van der Waals surface area contributed by atoms with Gasteiger partial charge < -0.3 is 59.5 Å². The van der Waals surface area contributed by atoms with E-state index in [1.54, 1.807) is 0 Å². The number of alkyl halides is 12. The molecule has 0 unspecified atom stereocenters. The molecule has 0 aliphatic heterocycles. The Kier molecular flexibility index (Phi) is 14.8. The van der Waals surface area contributed by atoms with Gasteiger partial charge in [-0.15, -0.1) is 0 Å². The van der Waals surface area contributed by atoms with Crippen LogP contribution in [-0.2, 0) is 44.7 Å². The third-order valence-electron chi connectivity index (χ3n) is 2.00.